The molecule has 1 aromatic heterocycles. The molecule has 0 spiro atoms. The maximum Gasteiger partial charge on any atom is 0.209 e. The lowest BCUT2D eigenvalue weighted by Crippen LogP contribution is -2.26. The SMILES string of the molecule is COCCNCC(C)Sc1nnnn1C1CC1. The van der Waals surface area contributed by atoms with Crippen LogP contribution in [0.1, 0.15) is 25.8 Å². The molecule has 1 N–H and O–H groups in total. The lowest BCUT2D eigenvalue weighted by atomic mass is 10.4. The van der Waals surface area contributed by atoms with E-state index in [-0.39, 0.29) is 0 Å². The van der Waals surface area contributed by atoms with Crippen molar-refractivity contribution in [3.05, 3.63) is 0 Å². The Morgan fingerprint density at radius 2 is 2.41 bits per heavy atom. The van der Waals surface area contributed by atoms with Gasteiger partial charge >= 0.3 is 0 Å². The van der Waals surface area contributed by atoms with Crippen molar-refractivity contribution in [3.8, 4) is 0 Å². The molecule has 0 aliphatic heterocycles. The highest BCUT2D eigenvalue weighted by Gasteiger charge is 2.28. The lowest BCUT2D eigenvalue weighted by Gasteiger charge is -2.11. The van der Waals surface area contributed by atoms with Gasteiger partial charge in [0.15, 0.2) is 0 Å². The van der Waals surface area contributed by atoms with Crippen molar-refractivity contribution in [2.75, 3.05) is 26.8 Å². The third-order valence-electron chi connectivity index (χ3n) is 2.58. The molecule has 7 heteroatoms. The van der Waals surface area contributed by atoms with Crippen LogP contribution in [-0.4, -0.2) is 52.3 Å². The zero-order valence-electron chi connectivity index (χ0n) is 10.3. The molecule has 1 saturated carbocycles. The van der Waals surface area contributed by atoms with Crippen molar-refractivity contribution in [2.24, 2.45) is 0 Å². The minimum atomic E-state index is 0.454. The number of ether oxygens (including phenoxy) is 1. The molecule has 2 rings (SSSR count). The van der Waals surface area contributed by atoms with Crippen LogP contribution in [0.3, 0.4) is 0 Å². The number of thioether (sulfide) groups is 1. The number of rotatable bonds is 8. The number of methoxy groups -OCH3 is 1. The molecule has 1 heterocycles. The quantitative estimate of drug-likeness (QED) is 0.547. The van der Waals surface area contributed by atoms with E-state index in [0.29, 0.717) is 11.3 Å². The van der Waals surface area contributed by atoms with Gasteiger partial charge in [-0.05, 0) is 23.3 Å². The standard InChI is InChI=1S/C10H19N5OS/c1-8(7-11-5-6-16-2)17-10-12-13-14-15(10)9-3-4-9/h8-9,11H,3-7H2,1-2H3. The van der Waals surface area contributed by atoms with Gasteiger partial charge in [0.05, 0.1) is 12.6 Å². The lowest BCUT2D eigenvalue weighted by molar-refractivity contribution is 0.199. The molecule has 0 amide bonds. The highest BCUT2D eigenvalue weighted by atomic mass is 32.2. The number of hydrogen-bond acceptors (Lipinski definition) is 6. The molecule has 1 aliphatic carbocycles. The van der Waals surface area contributed by atoms with Crippen molar-refractivity contribution < 1.29 is 4.74 Å². The topological polar surface area (TPSA) is 64.9 Å². The molecule has 1 unspecified atom stereocenters. The maximum absolute atomic E-state index is 4.98. The Bertz CT molecular complexity index is 341. The monoisotopic (exact) mass is 257 g/mol. The van der Waals surface area contributed by atoms with Crippen LogP contribution in [0.25, 0.3) is 0 Å². The summed E-state index contributed by atoms with van der Waals surface area (Å²) < 4.78 is 6.94. The van der Waals surface area contributed by atoms with E-state index in [1.54, 1.807) is 18.9 Å². The fourth-order valence-electron chi connectivity index (χ4n) is 1.51. The van der Waals surface area contributed by atoms with Crippen LogP contribution in [0.15, 0.2) is 5.16 Å². The summed E-state index contributed by atoms with van der Waals surface area (Å²) in [7, 11) is 1.71. The minimum absolute atomic E-state index is 0.454. The van der Waals surface area contributed by atoms with Gasteiger partial charge in [0.2, 0.25) is 5.16 Å². The average molecular weight is 257 g/mol. The van der Waals surface area contributed by atoms with Gasteiger partial charge in [-0.25, -0.2) is 4.68 Å². The van der Waals surface area contributed by atoms with Gasteiger partial charge in [0, 0.05) is 25.4 Å². The fraction of sp³-hybridized carbons (Fsp3) is 0.900. The van der Waals surface area contributed by atoms with E-state index in [1.807, 2.05) is 4.68 Å². The average Bonchev–Trinajstić information content (AvgIpc) is 3.06. The first-order valence-corrected chi connectivity index (χ1v) is 6.83. The Balaban J connectivity index is 1.73. The maximum atomic E-state index is 4.98. The van der Waals surface area contributed by atoms with Crippen LogP contribution in [0.2, 0.25) is 0 Å². The number of nitrogens with one attached hydrogen (secondary N) is 1. The number of nitrogens with zero attached hydrogens (tertiary/aromatic N) is 4. The van der Waals surface area contributed by atoms with Gasteiger partial charge in [-0.3, -0.25) is 0 Å². The Morgan fingerprint density at radius 3 is 3.12 bits per heavy atom. The van der Waals surface area contributed by atoms with Crippen molar-refractivity contribution >= 4 is 11.8 Å². The van der Waals surface area contributed by atoms with Gasteiger partial charge in [0.1, 0.15) is 0 Å². The molecule has 1 atom stereocenters. The zero-order valence-corrected chi connectivity index (χ0v) is 11.1. The molecule has 0 bridgehead atoms. The van der Waals surface area contributed by atoms with Crippen LogP contribution in [0.5, 0.6) is 0 Å². The molecule has 1 fully saturated rings. The predicted octanol–water partition coefficient (Wildman–Crippen LogP) is 0.725. The molecule has 96 valence electrons. The molecule has 17 heavy (non-hydrogen) atoms. The Labute approximate surface area is 105 Å². The van der Waals surface area contributed by atoms with E-state index in [9.17, 15) is 0 Å². The molecular formula is C10H19N5OS. The van der Waals surface area contributed by atoms with Crippen LogP contribution in [0.4, 0.5) is 0 Å². The number of tetrazole rings is 1. The summed E-state index contributed by atoms with van der Waals surface area (Å²) in [5.74, 6) is 0. The van der Waals surface area contributed by atoms with Crippen molar-refractivity contribution in [1.82, 2.24) is 25.5 Å². The van der Waals surface area contributed by atoms with Crippen LogP contribution >= 0.6 is 11.8 Å². The van der Waals surface area contributed by atoms with Crippen molar-refractivity contribution in [1.29, 1.82) is 0 Å². The van der Waals surface area contributed by atoms with E-state index in [4.69, 9.17) is 4.74 Å². The van der Waals surface area contributed by atoms with E-state index in [2.05, 4.69) is 27.8 Å². The Hall–Kier alpha value is -0.660. The third kappa shape index (κ3) is 3.93. The second kappa shape index (κ2) is 6.32. The first kappa shape index (κ1) is 12.8. The molecular weight excluding hydrogens is 238 g/mol. The molecule has 0 radical (unpaired) electrons. The Morgan fingerprint density at radius 1 is 1.59 bits per heavy atom. The Kier molecular flexibility index (Phi) is 4.75. The molecule has 1 aromatic rings. The van der Waals surface area contributed by atoms with Crippen molar-refractivity contribution in [3.63, 3.8) is 0 Å². The van der Waals surface area contributed by atoms with E-state index in [0.717, 1.165) is 24.9 Å². The summed E-state index contributed by atoms with van der Waals surface area (Å²) in [6.07, 6.45) is 2.41. The second-order valence-corrected chi connectivity index (χ2v) is 5.67. The molecule has 0 aromatic carbocycles. The van der Waals surface area contributed by atoms with Gasteiger partial charge in [-0.2, -0.15) is 0 Å². The largest absolute Gasteiger partial charge is 0.383 e. The van der Waals surface area contributed by atoms with E-state index >= 15 is 0 Å². The summed E-state index contributed by atoms with van der Waals surface area (Å²) >= 11 is 1.73. The normalized spacial score (nSPS) is 17.3. The van der Waals surface area contributed by atoms with Gasteiger partial charge in [-0.15, -0.1) is 5.10 Å². The van der Waals surface area contributed by atoms with Gasteiger partial charge < -0.3 is 10.1 Å². The third-order valence-corrected chi connectivity index (χ3v) is 3.63. The van der Waals surface area contributed by atoms with Crippen molar-refractivity contribution in [2.45, 2.75) is 36.2 Å². The summed E-state index contributed by atoms with van der Waals surface area (Å²) in [5, 5.41) is 16.6. The first-order valence-electron chi connectivity index (χ1n) is 5.95. The van der Waals surface area contributed by atoms with E-state index < -0.39 is 0 Å². The van der Waals surface area contributed by atoms with Gasteiger partial charge in [-0.1, -0.05) is 18.7 Å². The first-order chi connectivity index (χ1) is 8.31. The zero-order chi connectivity index (χ0) is 12.1. The summed E-state index contributed by atoms with van der Waals surface area (Å²) in [6, 6.07) is 0.543. The highest BCUT2D eigenvalue weighted by molar-refractivity contribution is 7.99. The summed E-state index contributed by atoms with van der Waals surface area (Å²) in [5.41, 5.74) is 0. The summed E-state index contributed by atoms with van der Waals surface area (Å²) in [6.45, 7) is 4.74. The number of aromatic nitrogens is 4. The van der Waals surface area contributed by atoms with Crippen LogP contribution < -0.4 is 5.32 Å². The van der Waals surface area contributed by atoms with Gasteiger partial charge in [0.25, 0.3) is 0 Å². The molecule has 1 aliphatic rings. The predicted molar refractivity (Wildman–Crippen MR) is 66.2 cm³/mol. The fourth-order valence-corrected chi connectivity index (χ4v) is 2.45. The highest BCUT2D eigenvalue weighted by Crippen LogP contribution is 2.36. The van der Waals surface area contributed by atoms with Crippen LogP contribution in [-0.2, 0) is 4.74 Å². The summed E-state index contributed by atoms with van der Waals surface area (Å²) in [4.78, 5) is 0. The number of hydrogen-bond donors (Lipinski definition) is 1. The van der Waals surface area contributed by atoms with E-state index in [1.165, 1.54) is 12.8 Å². The van der Waals surface area contributed by atoms with Crippen LogP contribution in [0, 0.1) is 0 Å². The molecule has 0 saturated heterocycles. The smallest absolute Gasteiger partial charge is 0.209 e. The molecule has 6 nitrogen and oxygen atoms in total. The second-order valence-electron chi connectivity index (χ2n) is 4.26. The minimum Gasteiger partial charge on any atom is -0.383 e.